The molecule has 0 spiro atoms. The highest BCUT2D eigenvalue weighted by Crippen LogP contribution is 2.21. The summed E-state index contributed by atoms with van der Waals surface area (Å²) in [5.41, 5.74) is 0.691. The fourth-order valence-corrected chi connectivity index (χ4v) is 2.80. The summed E-state index contributed by atoms with van der Waals surface area (Å²) in [6, 6.07) is 5.85. The Labute approximate surface area is 145 Å². The number of hydrogen-bond acceptors (Lipinski definition) is 4. The van der Waals surface area contributed by atoms with Crippen molar-refractivity contribution < 1.29 is 27.8 Å². The summed E-state index contributed by atoms with van der Waals surface area (Å²) >= 11 is 0. The highest BCUT2D eigenvalue weighted by atomic mass is 19.3. The maximum atomic E-state index is 12.4. The van der Waals surface area contributed by atoms with Crippen molar-refractivity contribution in [2.45, 2.75) is 38.3 Å². The van der Waals surface area contributed by atoms with E-state index in [0.717, 1.165) is 19.3 Å². The van der Waals surface area contributed by atoms with E-state index in [1.165, 1.54) is 25.3 Å². The molecule has 7 heteroatoms. The van der Waals surface area contributed by atoms with Gasteiger partial charge in [0.15, 0.2) is 0 Å². The van der Waals surface area contributed by atoms with Crippen LogP contribution >= 0.6 is 0 Å². The van der Waals surface area contributed by atoms with E-state index in [4.69, 9.17) is 0 Å². The van der Waals surface area contributed by atoms with Crippen molar-refractivity contribution in [1.82, 2.24) is 4.90 Å². The van der Waals surface area contributed by atoms with Crippen molar-refractivity contribution in [3.8, 4) is 5.75 Å². The zero-order chi connectivity index (χ0) is 18.2. The van der Waals surface area contributed by atoms with Gasteiger partial charge in [-0.05, 0) is 43.0 Å². The van der Waals surface area contributed by atoms with Crippen LogP contribution in [0.5, 0.6) is 5.75 Å². The van der Waals surface area contributed by atoms with Crippen molar-refractivity contribution in [2.24, 2.45) is 0 Å². The molecule has 0 radical (unpaired) electrons. The second-order valence-corrected chi connectivity index (χ2v) is 5.74. The topological polar surface area (TPSA) is 55.8 Å². The molecule has 1 amide bonds. The van der Waals surface area contributed by atoms with Gasteiger partial charge in [0.25, 0.3) is 0 Å². The molecule has 5 nitrogen and oxygen atoms in total. The lowest BCUT2D eigenvalue weighted by Gasteiger charge is -2.34. The minimum absolute atomic E-state index is 0.0626. The Hall–Kier alpha value is -2.44. The maximum absolute atomic E-state index is 12.4. The SMILES string of the molecule is COC(=O)CC1CCCCN1C(=O)/C=C/c1ccc(OC(F)F)cc1. The monoisotopic (exact) mass is 353 g/mol. The number of methoxy groups -OCH3 is 1. The standard InChI is InChI=1S/C18H21F2NO4/c1-24-17(23)12-14-4-2-3-11-21(14)16(22)10-7-13-5-8-15(9-6-13)25-18(19)20/h5-10,14,18H,2-4,11-12H2,1H3/b10-7+. The van der Waals surface area contributed by atoms with Gasteiger partial charge in [0, 0.05) is 18.7 Å². The van der Waals surface area contributed by atoms with Crippen molar-refractivity contribution in [3.63, 3.8) is 0 Å². The summed E-state index contributed by atoms with van der Waals surface area (Å²) in [7, 11) is 1.33. The molecule has 25 heavy (non-hydrogen) atoms. The summed E-state index contributed by atoms with van der Waals surface area (Å²) in [4.78, 5) is 25.6. The number of nitrogens with zero attached hydrogens (tertiary/aromatic N) is 1. The van der Waals surface area contributed by atoms with Gasteiger partial charge in [-0.15, -0.1) is 0 Å². The zero-order valence-electron chi connectivity index (χ0n) is 14.0. The first kappa shape index (κ1) is 18.9. The number of amides is 1. The number of esters is 1. The van der Waals surface area contributed by atoms with Crippen LogP contribution in [0.2, 0.25) is 0 Å². The first-order valence-corrected chi connectivity index (χ1v) is 8.10. The van der Waals surface area contributed by atoms with Gasteiger partial charge < -0.3 is 14.4 Å². The van der Waals surface area contributed by atoms with E-state index < -0.39 is 6.61 Å². The molecule has 0 bridgehead atoms. The van der Waals surface area contributed by atoms with E-state index in [0.29, 0.717) is 12.1 Å². The van der Waals surface area contributed by atoms with Gasteiger partial charge in [0.1, 0.15) is 5.75 Å². The van der Waals surface area contributed by atoms with Crippen molar-refractivity contribution in [2.75, 3.05) is 13.7 Å². The molecule has 1 aliphatic rings. The zero-order valence-corrected chi connectivity index (χ0v) is 14.0. The molecule has 1 fully saturated rings. The van der Waals surface area contributed by atoms with Crippen LogP contribution in [0.3, 0.4) is 0 Å². The Morgan fingerprint density at radius 2 is 2.00 bits per heavy atom. The number of likely N-dealkylation sites (tertiary alicyclic amines) is 1. The second kappa shape index (κ2) is 9.15. The van der Waals surface area contributed by atoms with Crippen LogP contribution < -0.4 is 4.74 Å². The van der Waals surface area contributed by atoms with Gasteiger partial charge >= 0.3 is 12.6 Å². The predicted molar refractivity (Wildman–Crippen MR) is 88.1 cm³/mol. The van der Waals surface area contributed by atoms with Gasteiger partial charge in [-0.2, -0.15) is 8.78 Å². The molecule has 1 heterocycles. The molecule has 1 aliphatic heterocycles. The number of benzene rings is 1. The van der Waals surface area contributed by atoms with Gasteiger partial charge in [-0.25, -0.2) is 0 Å². The Morgan fingerprint density at radius 1 is 1.28 bits per heavy atom. The third kappa shape index (κ3) is 5.85. The Morgan fingerprint density at radius 3 is 2.64 bits per heavy atom. The largest absolute Gasteiger partial charge is 0.469 e. The lowest BCUT2D eigenvalue weighted by atomic mass is 9.99. The van der Waals surface area contributed by atoms with E-state index >= 15 is 0 Å². The molecule has 136 valence electrons. The van der Waals surface area contributed by atoms with Crippen LogP contribution in [0.1, 0.15) is 31.2 Å². The van der Waals surface area contributed by atoms with Crippen LogP contribution in [0.4, 0.5) is 8.78 Å². The lowest BCUT2D eigenvalue weighted by molar-refractivity contribution is -0.143. The third-order valence-corrected chi connectivity index (χ3v) is 4.06. The molecule has 2 rings (SSSR count). The predicted octanol–water partition coefficient (Wildman–Crippen LogP) is 3.25. The number of ether oxygens (including phenoxy) is 2. The summed E-state index contributed by atoms with van der Waals surface area (Å²) in [5, 5.41) is 0. The van der Waals surface area contributed by atoms with Gasteiger partial charge in [0.2, 0.25) is 5.91 Å². The average Bonchev–Trinajstić information content (AvgIpc) is 2.60. The minimum atomic E-state index is -2.87. The molecule has 1 aromatic rings. The average molecular weight is 353 g/mol. The molecule has 0 aliphatic carbocycles. The van der Waals surface area contributed by atoms with E-state index in [-0.39, 0.29) is 30.1 Å². The summed E-state index contributed by atoms with van der Waals surface area (Å²) < 4.78 is 33.2. The Kier molecular flexibility index (Phi) is 6.91. The van der Waals surface area contributed by atoms with Crippen LogP contribution in [-0.4, -0.2) is 43.1 Å². The molecule has 1 unspecified atom stereocenters. The first-order chi connectivity index (χ1) is 12.0. The van der Waals surface area contributed by atoms with Crippen LogP contribution in [-0.2, 0) is 14.3 Å². The van der Waals surface area contributed by atoms with E-state index in [9.17, 15) is 18.4 Å². The smallest absolute Gasteiger partial charge is 0.387 e. The molecule has 1 atom stereocenters. The summed E-state index contributed by atoms with van der Waals surface area (Å²) in [5.74, 6) is -0.447. The molecule has 0 N–H and O–H groups in total. The number of halogens is 2. The maximum Gasteiger partial charge on any atom is 0.387 e. The Balaban J connectivity index is 1.98. The highest BCUT2D eigenvalue weighted by molar-refractivity contribution is 5.92. The normalized spacial score (nSPS) is 17.8. The number of piperidine rings is 1. The molecule has 1 saturated heterocycles. The lowest BCUT2D eigenvalue weighted by Crippen LogP contribution is -2.44. The number of rotatable bonds is 6. The van der Waals surface area contributed by atoms with Gasteiger partial charge in [-0.3, -0.25) is 9.59 Å². The van der Waals surface area contributed by atoms with Crippen molar-refractivity contribution in [3.05, 3.63) is 35.9 Å². The summed E-state index contributed by atoms with van der Waals surface area (Å²) in [6.45, 7) is -2.26. The summed E-state index contributed by atoms with van der Waals surface area (Å²) in [6.07, 6.45) is 5.87. The molecule has 1 aromatic carbocycles. The number of hydrogen-bond donors (Lipinski definition) is 0. The van der Waals surface area contributed by atoms with E-state index in [2.05, 4.69) is 9.47 Å². The first-order valence-electron chi connectivity index (χ1n) is 8.10. The molecule has 0 aromatic heterocycles. The van der Waals surface area contributed by atoms with Crippen molar-refractivity contribution in [1.29, 1.82) is 0 Å². The van der Waals surface area contributed by atoms with Crippen LogP contribution in [0.25, 0.3) is 6.08 Å². The fourth-order valence-electron chi connectivity index (χ4n) is 2.80. The molecular weight excluding hydrogens is 332 g/mol. The number of alkyl halides is 2. The number of carbonyl (C=O) groups excluding carboxylic acids is 2. The van der Waals surface area contributed by atoms with Crippen LogP contribution in [0.15, 0.2) is 30.3 Å². The van der Waals surface area contributed by atoms with Crippen molar-refractivity contribution >= 4 is 18.0 Å². The molecule has 0 saturated carbocycles. The quantitative estimate of drug-likeness (QED) is 0.582. The van der Waals surface area contributed by atoms with E-state index in [1.54, 1.807) is 23.1 Å². The number of carbonyl (C=O) groups is 2. The fraction of sp³-hybridized carbons (Fsp3) is 0.444. The second-order valence-electron chi connectivity index (χ2n) is 5.74. The van der Waals surface area contributed by atoms with Crippen LogP contribution in [0, 0.1) is 0 Å². The Bertz CT molecular complexity index is 616. The van der Waals surface area contributed by atoms with Gasteiger partial charge in [-0.1, -0.05) is 12.1 Å². The third-order valence-electron chi connectivity index (χ3n) is 4.06. The minimum Gasteiger partial charge on any atom is -0.469 e. The van der Waals surface area contributed by atoms with Gasteiger partial charge in [0.05, 0.1) is 13.5 Å². The highest BCUT2D eigenvalue weighted by Gasteiger charge is 2.27. The van der Waals surface area contributed by atoms with E-state index in [1.807, 2.05) is 0 Å². The molecular formula is C18H21F2NO4.